The summed E-state index contributed by atoms with van der Waals surface area (Å²) in [5, 5.41) is 11.5. The monoisotopic (exact) mass is 314 g/mol. The van der Waals surface area contributed by atoms with E-state index in [1.54, 1.807) is 0 Å². The van der Waals surface area contributed by atoms with Gasteiger partial charge in [-0.25, -0.2) is 0 Å². The SMILES string of the molecule is O[C@@]1(c2ccccc2)CCCCCCCCCCCC[C@H]2C[C@@H]21. The highest BCUT2D eigenvalue weighted by Gasteiger charge is 2.51. The molecular weight excluding hydrogens is 280 g/mol. The quantitative estimate of drug-likeness (QED) is 0.653. The molecule has 3 atom stereocenters. The molecule has 0 amide bonds. The van der Waals surface area contributed by atoms with Gasteiger partial charge in [-0.05, 0) is 30.2 Å². The van der Waals surface area contributed by atoms with Gasteiger partial charge in [-0.2, -0.15) is 0 Å². The van der Waals surface area contributed by atoms with Gasteiger partial charge in [0.2, 0.25) is 0 Å². The van der Waals surface area contributed by atoms with Crippen LogP contribution >= 0.6 is 0 Å². The summed E-state index contributed by atoms with van der Waals surface area (Å²) in [4.78, 5) is 0. The van der Waals surface area contributed by atoms with Crippen LogP contribution in [0.4, 0.5) is 0 Å². The fraction of sp³-hybridized carbons (Fsp3) is 0.727. The number of hydrogen-bond acceptors (Lipinski definition) is 1. The van der Waals surface area contributed by atoms with Crippen LogP contribution in [0.1, 0.15) is 89.0 Å². The Morgan fingerprint density at radius 2 is 1.30 bits per heavy atom. The second kappa shape index (κ2) is 8.33. The van der Waals surface area contributed by atoms with Crippen molar-refractivity contribution in [2.75, 3.05) is 0 Å². The van der Waals surface area contributed by atoms with Crippen LogP contribution in [-0.4, -0.2) is 5.11 Å². The van der Waals surface area contributed by atoms with Gasteiger partial charge in [0.25, 0.3) is 0 Å². The Kier molecular flexibility index (Phi) is 6.16. The molecule has 1 nitrogen and oxygen atoms in total. The Labute approximate surface area is 142 Å². The summed E-state index contributed by atoms with van der Waals surface area (Å²) in [6.07, 6.45) is 17.2. The highest BCUT2D eigenvalue weighted by molar-refractivity contribution is 5.25. The van der Waals surface area contributed by atoms with Gasteiger partial charge in [-0.15, -0.1) is 0 Å². The lowest BCUT2D eigenvalue weighted by molar-refractivity contribution is -0.00410. The molecule has 0 aromatic heterocycles. The van der Waals surface area contributed by atoms with Crippen LogP contribution in [0.3, 0.4) is 0 Å². The fourth-order valence-corrected chi connectivity index (χ4v) is 4.64. The Morgan fingerprint density at radius 1 is 0.739 bits per heavy atom. The molecule has 1 aromatic rings. The van der Waals surface area contributed by atoms with E-state index in [2.05, 4.69) is 30.3 Å². The summed E-state index contributed by atoms with van der Waals surface area (Å²) in [6.45, 7) is 0. The van der Waals surface area contributed by atoms with Crippen molar-refractivity contribution in [2.24, 2.45) is 11.8 Å². The van der Waals surface area contributed by atoms with Crippen molar-refractivity contribution >= 4 is 0 Å². The zero-order chi connectivity index (χ0) is 16.0. The van der Waals surface area contributed by atoms with Crippen LogP contribution < -0.4 is 0 Å². The van der Waals surface area contributed by atoms with E-state index in [1.165, 1.54) is 77.0 Å². The van der Waals surface area contributed by atoms with Gasteiger partial charge >= 0.3 is 0 Å². The predicted octanol–water partition coefficient (Wildman–Crippen LogP) is 6.21. The van der Waals surface area contributed by atoms with E-state index >= 15 is 0 Å². The average Bonchev–Trinajstić information content (AvgIpc) is 3.36. The Balaban J connectivity index is 1.66. The molecule has 0 bridgehead atoms. The molecule has 1 aromatic carbocycles. The van der Waals surface area contributed by atoms with Crippen molar-refractivity contribution in [3.05, 3.63) is 35.9 Å². The number of rotatable bonds is 1. The van der Waals surface area contributed by atoms with E-state index in [0.29, 0.717) is 5.92 Å². The van der Waals surface area contributed by atoms with E-state index < -0.39 is 5.60 Å². The minimum Gasteiger partial charge on any atom is -0.385 e. The molecular formula is C22H34O. The van der Waals surface area contributed by atoms with Crippen LogP contribution in [-0.2, 0) is 5.60 Å². The van der Waals surface area contributed by atoms with E-state index in [-0.39, 0.29) is 0 Å². The first-order valence-electron chi connectivity index (χ1n) is 10.1. The Hall–Kier alpha value is -0.820. The molecule has 1 N–H and O–H groups in total. The summed E-state index contributed by atoms with van der Waals surface area (Å²) in [5.74, 6) is 1.28. The smallest absolute Gasteiger partial charge is 0.0927 e. The zero-order valence-electron chi connectivity index (χ0n) is 14.7. The van der Waals surface area contributed by atoms with Crippen molar-refractivity contribution in [2.45, 2.75) is 89.1 Å². The molecule has 1 heteroatoms. The minimum atomic E-state index is -0.563. The van der Waals surface area contributed by atoms with Gasteiger partial charge in [0, 0.05) is 0 Å². The number of hydrogen-bond donors (Lipinski definition) is 1. The molecule has 3 rings (SSSR count). The zero-order valence-corrected chi connectivity index (χ0v) is 14.7. The van der Waals surface area contributed by atoms with Crippen molar-refractivity contribution in [3.8, 4) is 0 Å². The Bertz CT molecular complexity index is 454. The summed E-state index contributed by atoms with van der Waals surface area (Å²) < 4.78 is 0. The third kappa shape index (κ3) is 4.59. The van der Waals surface area contributed by atoms with Crippen LogP contribution in [0, 0.1) is 11.8 Å². The fourth-order valence-electron chi connectivity index (χ4n) is 4.64. The molecule has 2 aliphatic carbocycles. The van der Waals surface area contributed by atoms with Crippen LogP contribution in [0.2, 0.25) is 0 Å². The molecule has 0 radical (unpaired) electrons. The number of aliphatic hydroxyl groups is 1. The lowest BCUT2D eigenvalue weighted by Crippen LogP contribution is -2.29. The largest absolute Gasteiger partial charge is 0.385 e. The van der Waals surface area contributed by atoms with Crippen LogP contribution in [0.15, 0.2) is 30.3 Å². The molecule has 23 heavy (non-hydrogen) atoms. The normalized spacial score (nSPS) is 34.0. The van der Waals surface area contributed by atoms with Crippen LogP contribution in [0.25, 0.3) is 0 Å². The second-order valence-corrected chi connectivity index (χ2v) is 7.97. The summed E-state index contributed by atoms with van der Waals surface area (Å²) in [7, 11) is 0. The van der Waals surface area contributed by atoms with E-state index in [9.17, 15) is 5.11 Å². The highest BCUT2D eigenvalue weighted by Crippen LogP contribution is 2.55. The first-order chi connectivity index (χ1) is 11.3. The van der Waals surface area contributed by atoms with Gasteiger partial charge in [0.05, 0.1) is 5.60 Å². The van der Waals surface area contributed by atoms with Gasteiger partial charge in [-0.3, -0.25) is 0 Å². The van der Waals surface area contributed by atoms with Crippen molar-refractivity contribution in [3.63, 3.8) is 0 Å². The summed E-state index contributed by atoms with van der Waals surface area (Å²) >= 11 is 0. The van der Waals surface area contributed by atoms with Gasteiger partial charge in [0.1, 0.15) is 0 Å². The summed E-state index contributed by atoms with van der Waals surface area (Å²) in [5.41, 5.74) is 0.600. The third-order valence-corrected chi connectivity index (χ3v) is 6.19. The molecule has 0 aliphatic heterocycles. The van der Waals surface area contributed by atoms with Gasteiger partial charge in [0.15, 0.2) is 0 Å². The molecule has 2 aliphatic rings. The Morgan fingerprint density at radius 3 is 1.96 bits per heavy atom. The standard InChI is InChI=1S/C22H34O/c23-22(20-15-11-9-12-16-20)17-13-8-6-4-2-1-3-5-7-10-14-19-18-21(19)22/h9,11-12,15-16,19,21,23H,1-8,10,13-14,17-18H2/t19-,21-,22+/m0/s1. The molecule has 2 fully saturated rings. The summed E-state index contributed by atoms with van der Waals surface area (Å²) in [6, 6.07) is 10.5. The van der Waals surface area contributed by atoms with Crippen molar-refractivity contribution in [1.29, 1.82) is 0 Å². The lowest BCUT2D eigenvalue weighted by Gasteiger charge is -2.30. The predicted molar refractivity (Wildman–Crippen MR) is 97.3 cm³/mol. The maximum absolute atomic E-state index is 11.5. The number of fused-ring (bicyclic) bond motifs is 1. The first kappa shape index (κ1) is 17.0. The molecule has 0 unspecified atom stereocenters. The number of benzene rings is 1. The van der Waals surface area contributed by atoms with E-state index in [1.807, 2.05) is 0 Å². The van der Waals surface area contributed by atoms with E-state index in [0.717, 1.165) is 17.9 Å². The molecule has 128 valence electrons. The highest BCUT2D eigenvalue weighted by atomic mass is 16.3. The topological polar surface area (TPSA) is 20.2 Å². The third-order valence-electron chi connectivity index (χ3n) is 6.19. The van der Waals surface area contributed by atoms with Crippen molar-refractivity contribution in [1.82, 2.24) is 0 Å². The van der Waals surface area contributed by atoms with Gasteiger partial charge < -0.3 is 5.11 Å². The van der Waals surface area contributed by atoms with Gasteiger partial charge in [-0.1, -0.05) is 101 Å². The van der Waals surface area contributed by atoms with Crippen LogP contribution in [0.5, 0.6) is 0 Å². The average molecular weight is 315 g/mol. The molecule has 2 saturated carbocycles. The molecule has 0 heterocycles. The second-order valence-electron chi connectivity index (χ2n) is 7.97. The van der Waals surface area contributed by atoms with E-state index in [4.69, 9.17) is 0 Å². The molecule has 0 saturated heterocycles. The maximum Gasteiger partial charge on any atom is 0.0927 e. The lowest BCUT2D eigenvalue weighted by atomic mass is 9.82. The molecule has 0 spiro atoms. The van der Waals surface area contributed by atoms with Crippen molar-refractivity contribution < 1.29 is 5.11 Å². The minimum absolute atomic E-state index is 0.509. The maximum atomic E-state index is 11.5. The first-order valence-corrected chi connectivity index (χ1v) is 10.1.